The molecule has 242 valence electrons. The Labute approximate surface area is 273 Å². The lowest BCUT2D eigenvalue weighted by Gasteiger charge is -2.34. The standard InChI is InChI=1S/C37H43N3O5S/c1-6-29(4)38-37(42)35(24-30-13-8-7-9-14-30)39(25-31-15-11-10-12-28(31)3)36(41)26-40(32-18-16-27(2)17-19-32)46(43,44)34-22-20-33(45-5)21-23-34/h7-23,29,35H,6,24-26H2,1-5H3,(H,38,42)/t29-,35-/m1/s1. The molecule has 0 unspecified atom stereocenters. The number of methoxy groups -OCH3 is 1. The third-order valence-corrected chi connectivity index (χ3v) is 9.91. The van der Waals surface area contributed by atoms with Crippen LogP contribution in [0.4, 0.5) is 5.69 Å². The van der Waals surface area contributed by atoms with E-state index in [1.807, 2.05) is 82.3 Å². The summed E-state index contributed by atoms with van der Waals surface area (Å²) in [6.07, 6.45) is 0.979. The van der Waals surface area contributed by atoms with Gasteiger partial charge in [-0.1, -0.05) is 79.2 Å². The molecule has 4 aromatic rings. The number of ether oxygens (including phenoxy) is 1. The minimum absolute atomic E-state index is 0.0162. The molecule has 0 radical (unpaired) electrons. The van der Waals surface area contributed by atoms with E-state index >= 15 is 0 Å². The molecule has 2 amide bonds. The van der Waals surface area contributed by atoms with Crippen molar-refractivity contribution in [3.63, 3.8) is 0 Å². The van der Waals surface area contributed by atoms with Gasteiger partial charge < -0.3 is 15.0 Å². The second kappa shape index (κ2) is 15.6. The minimum atomic E-state index is -4.20. The topological polar surface area (TPSA) is 96.0 Å². The number of rotatable bonds is 14. The van der Waals surface area contributed by atoms with Crippen molar-refractivity contribution in [1.82, 2.24) is 10.2 Å². The highest BCUT2D eigenvalue weighted by atomic mass is 32.2. The molecule has 46 heavy (non-hydrogen) atoms. The molecule has 2 atom stereocenters. The predicted molar refractivity (Wildman–Crippen MR) is 182 cm³/mol. The smallest absolute Gasteiger partial charge is 0.264 e. The summed E-state index contributed by atoms with van der Waals surface area (Å²) < 4.78 is 34.8. The van der Waals surface area contributed by atoms with E-state index in [0.717, 1.165) is 33.0 Å². The predicted octanol–water partition coefficient (Wildman–Crippen LogP) is 6.06. The third-order valence-electron chi connectivity index (χ3n) is 8.12. The first kappa shape index (κ1) is 34.2. The average Bonchev–Trinajstić information content (AvgIpc) is 3.06. The van der Waals surface area contributed by atoms with Gasteiger partial charge in [-0.05, 0) is 80.3 Å². The number of amides is 2. The molecule has 0 aliphatic carbocycles. The number of nitrogens with one attached hydrogen (secondary N) is 1. The van der Waals surface area contributed by atoms with Crippen LogP contribution in [0.25, 0.3) is 0 Å². The maximum Gasteiger partial charge on any atom is 0.264 e. The van der Waals surface area contributed by atoms with Gasteiger partial charge in [0.1, 0.15) is 18.3 Å². The molecule has 0 heterocycles. The molecule has 4 rings (SSSR count). The fourth-order valence-corrected chi connectivity index (χ4v) is 6.49. The third kappa shape index (κ3) is 8.54. The average molecular weight is 642 g/mol. The molecule has 0 aliphatic heterocycles. The van der Waals surface area contributed by atoms with Crippen LogP contribution in [0, 0.1) is 13.8 Å². The zero-order chi connectivity index (χ0) is 33.3. The summed E-state index contributed by atoms with van der Waals surface area (Å²) in [5.41, 5.74) is 4.00. The number of sulfonamides is 1. The van der Waals surface area contributed by atoms with E-state index in [4.69, 9.17) is 4.74 Å². The lowest BCUT2D eigenvalue weighted by atomic mass is 10.0. The monoisotopic (exact) mass is 641 g/mol. The number of hydrogen-bond donors (Lipinski definition) is 1. The molecule has 9 heteroatoms. The Morgan fingerprint density at radius 3 is 2.09 bits per heavy atom. The second-order valence-electron chi connectivity index (χ2n) is 11.5. The number of carbonyl (C=O) groups excluding carboxylic acids is 2. The van der Waals surface area contributed by atoms with E-state index < -0.39 is 28.5 Å². The molecule has 0 aliphatic rings. The van der Waals surface area contributed by atoms with Gasteiger partial charge in [0.15, 0.2) is 0 Å². The van der Waals surface area contributed by atoms with Crippen molar-refractivity contribution < 1.29 is 22.7 Å². The number of aryl methyl sites for hydroxylation is 2. The minimum Gasteiger partial charge on any atom is -0.497 e. The van der Waals surface area contributed by atoms with E-state index in [-0.39, 0.29) is 29.8 Å². The maximum atomic E-state index is 14.6. The highest BCUT2D eigenvalue weighted by molar-refractivity contribution is 7.92. The van der Waals surface area contributed by atoms with Crippen LogP contribution in [0.2, 0.25) is 0 Å². The fourth-order valence-electron chi connectivity index (χ4n) is 5.08. The molecule has 1 N–H and O–H groups in total. The van der Waals surface area contributed by atoms with Gasteiger partial charge in [0.2, 0.25) is 11.8 Å². The zero-order valence-electron chi connectivity index (χ0n) is 27.1. The molecule has 0 fully saturated rings. The van der Waals surface area contributed by atoms with E-state index in [2.05, 4.69) is 5.32 Å². The summed E-state index contributed by atoms with van der Waals surface area (Å²) in [6, 6.07) is 29.3. The number of carbonyl (C=O) groups is 2. The van der Waals surface area contributed by atoms with Crippen LogP contribution >= 0.6 is 0 Å². The van der Waals surface area contributed by atoms with Gasteiger partial charge >= 0.3 is 0 Å². The molecule has 4 aromatic carbocycles. The Morgan fingerprint density at radius 2 is 1.48 bits per heavy atom. The first-order chi connectivity index (χ1) is 22.0. The van der Waals surface area contributed by atoms with Gasteiger partial charge in [-0.15, -0.1) is 0 Å². The lowest BCUT2D eigenvalue weighted by molar-refractivity contribution is -0.140. The van der Waals surface area contributed by atoms with E-state index in [1.165, 1.54) is 24.1 Å². The van der Waals surface area contributed by atoms with Crippen LogP contribution in [0.1, 0.15) is 42.5 Å². The van der Waals surface area contributed by atoms with Crippen molar-refractivity contribution in [1.29, 1.82) is 0 Å². The van der Waals surface area contributed by atoms with Gasteiger partial charge in [0.05, 0.1) is 17.7 Å². The Hall–Kier alpha value is -4.63. The highest BCUT2D eigenvalue weighted by Crippen LogP contribution is 2.27. The molecule has 0 bridgehead atoms. The summed E-state index contributed by atoms with van der Waals surface area (Å²) >= 11 is 0. The van der Waals surface area contributed by atoms with E-state index in [0.29, 0.717) is 11.4 Å². The number of nitrogens with zero attached hydrogens (tertiary/aromatic N) is 2. The van der Waals surface area contributed by atoms with Gasteiger partial charge in [-0.25, -0.2) is 8.42 Å². The van der Waals surface area contributed by atoms with Crippen LogP contribution in [-0.2, 0) is 32.6 Å². The largest absolute Gasteiger partial charge is 0.497 e. The van der Waals surface area contributed by atoms with Crippen molar-refractivity contribution in [2.45, 2.75) is 64.1 Å². The van der Waals surface area contributed by atoms with E-state index in [1.54, 1.807) is 36.4 Å². The van der Waals surface area contributed by atoms with Gasteiger partial charge in [-0.3, -0.25) is 13.9 Å². The maximum absolute atomic E-state index is 14.6. The lowest BCUT2D eigenvalue weighted by Crippen LogP contribution is -2.54. The van der Waals surface area contributed by atoms with Crippen LogP contribution in [0.3, 0.4) is 0 Å². The number of anilines is 1. The second-order valence-corrected chi connectivity index (χ2v) is 13.4. The highest BCUT2D eigenvalue weighted by Gasteiger charge is 2.35. The summed E-state index contributed by atoms with van der Waals surface area (Å²) in [5, 5.41) is 3.07. The van der Waals surface area contributed by atoms with Crippen molar-refractivity contribution in [2.75, 3.05) is 18.0 Å². The Bertz CT molecular complexity index is 1710. The quantitative estimate of drug-likeness (QED) is 0.181. The van der Waals surface area contributed by atoms with Crippen LogP contribution < -0.4 is 14.4 Å². The Morgan fingerprint density at radius 1 is 0.848 bits per heavy atom. The van der Waals surface area contributed by atoms with Gasteiger partial charge in [0, 0.05) is 19.0 Å². The molecular weight excluding hydrogens is 598 g/mol. The van der Waals surface area contributed by atoms with Gasteiger partial charge in [-0.2, -0.15) is 0 Å². The Kier molecular flexibility index (Phi) is 11.6. The Balaban J connectivity index is 1.81. The summed E-state index contributed by atoms with van der Waals surface area (Å²) in [4.78, 5) is 30.1. The van der Waals surface area contributed by atoms with Crippen LogP contribution in [-0.4, -0.2) is 50.9 Å². The molecule has 8 nitrogen and oxygen atoms in total. The number of benzene rings is 4. The van der Waals surface area contributed by atoms with Crippen molar-refractivity contribution in [3.8, 4) is 5.75 Å². The summed E-state index contributed by atoms with van der Waals surface area (Å²) in [6.45, 7) is 7.39. The molecule has 0 spiro atoms. The molecular formula is C37H43N3O5S. The molecule has 0 saturated carbocycles. The normalized spacial score (nSPS) is 12.5. The first-order valence-electron chi connectivity index (χ1n) is 15.4. The van der Waals surface area contributed by atoms with Crippen LogP contribution in [0.15, 0.2) is 108 Å². The zero-order valence-corrected chi connectivity index (χ0v) is 28.0. The first-order valence-corrected chi connectivity index (χ1v) is 16.9. The van der Waals surface area contributed by atoms with Crippen LogP contribution in [0.5, 0.6) is 5.75 Å². The summed E-state index contributed by atoms with van der Waals surface area (Å²) in [7, 11) is -2.69. The van der Waals surface area contributed by atoms with Gasteiger partial charge in [0.25, 0.3) is 10.0 Å². The summed E-state index contributed by atoms with van der Waals surface area (Å²) in [5.74, 6) is -0.279. The van der Waals surface area contributed by atoms with Crippen molar-refractivity contribution in [3.05, 3.63) is 125 Å². The molecule has 0 saturated heterocycles. The van der Waals surface area contributed by atoms with Crippen molar-refractivity contribution >= 4 is 27.5 Å². The van der Waals surface area contributed by atoms with E-state index in [9.17, 15) is 18.0 Å². The molecule has 0 aromatic heterocycles. The van der Waals surface area contributed by atoms with Crippen molar-refractivity contribution in [2.24, 2.45) is 0 Å². The SMILES string of the molecule is CC[C@@H](C)NC(=O)[C@@H](Cc1ccccc1)N(Cc1ccccc1C)C(=O)CN(c1ccc(C)cc1)S(=O)(=O)c1ccc(OC)cc1. The number of hydrogen-bond acceptors (Lipinski definition) is 5. The fraction of sp³-hybridized carbons (Fsp3) is 0.297.